The van der Waals surface area contributed by atoms with E-state index in [1.54, 1.807) is 24.3 Å². The third-order valence-corrected chi connectivity index (χ3v) is 3.51. The molecular formula is C16H20F2N4O2. The van der Waals surface area contributed by atoms with Crippen molar-refractivity contribution in [2.75, 3.05) is 18.5 Å². The number of anilines is 1. The van der Waals surface area contributed by atoms with Crippen molar-refractivity contribution in [3.8, 4) is 11.4 Å². The summed E-state index contributed by atoms with van der Waals surface area (Å²) in [5, 5.41) is 14.2. The van der Waals surface area contributed by atoms with E-state index in [1.807, 2.05) is 6.92 Å². The second-order valence-electron chi connectivity index (χ2n) is 5.47. The highest BCUT2D eigenvalue weighted by Crippen LogP contribution is 2.24. The van der Waals surface area contributed by atoms with Gasteiger partial charge in [0.1, 0.15) is 5.82 Å². The van der Waals surface area contributed by atoms with Gasteiger partial charge in [-0.05, 0) is 36.6 Å². The molecule has 0 aliphatic heterocycles. The molecule has 1 atom stereocenters. The van der Waals surface area contributed by atoms with Crippen molar-refractivity contribution in [3.05, 3.63) is 36.7 Å². The van der Waals surface area contributed by atoms with E-state index >= 15 is 0 Å². The van der Waals surface area contributed by atoms with Gasteiger partial charge in [0.05, 0.1) is 0 Å². The lowest BCUT2D eigenvalue weighted by molar-refractivity contribution is 0.0720. The molecule has 0 bridgehead atoms. The first-order valence-corrected chi connectivity index (χ1v) is 7.58. The largest absolute Gasteiger partial charge is 0.396 e. The Labute approximate surface area is 138 Å². The molecule has 0 saturated carbocycles. The molecular weight excluding hydrogens is 318 g/mol. The Kier molecular flexibility index (Phi) is 6.25. The van der Waals surface area contributed by atoms with Crippen molar-refractivity contribution in [1.29, 1.82) is 0 Å². The molecule has 1 heterocycles. The Balaban J connectivity index is 1.94. The van der Waals surface area contributed by atoms with E-state index in [-0.39, 0.29) is 24.4 Å². The van der Waals surface area contributed by atoms with E-state index in [9.17, 15) is 13.6 Å². The Morgan fingerprint density at radius 2 is 2.04 bits per heavy atom. The summed E-state index contributed by atoms with van der Waals surface area (Å²) in [6.45, 7) is -0.195. The predicted molar refractivity (Wildman–Crippen MR) is 86.8 cm³/mol. The monoisotopic (exact) mass is 338 g/mol. The highest BCUT2D eigenvalue weighted by atomic mass is 19.3. The fourth-order valence-electron chi connectivity index (χ4n) is 2.16. The second-order valence-corrected chi connectivity index (χ2v) is 5.47. The molecule has 3 N–H and O–H groups in total. The summed E-state index contributed by atoms with van der Waals surface area (Å²) in [5.41, 5.74) is 1.07. The fourth-order valence-corrected chi connectivity index (χ4v) is 2.16. The number of carbonyl (C=O) groups excluding carboxylic acids is 1. The molecule has 0 aliphatic rings. The summed E-state index contributed by atoms with van der Waals surface area (Å²) >= 11 is 0. The number of carbonyl (C=O) groups is 1. The molecule has 0 spiro atoms. The van der Waals surface area contributed by atoms with Gasteiger partial charge in [-0.2, -0.15) is 8.78 Å². The number of hydrogen-bond acceptors (Lipinski definition) is 3. The maximum absolute atomic E-state index is 12.8. The summed E-state index contributed by atoms with van der Waals surface area (Å²) in [6.07, 6.45) is 3.15. The van der Waals surface area contributed by atoms with E-state index < -0.39 is 6.55 Å². The molecule has 2 amide bonds. The van der Waals surface area contributed by atoms with Gasteiger partial charge in [0.15, 0.2) is 0 Å². The first-order chi connectivity index (χ1) is 11.5. The summed E-state index contributed by atoms with van der Waals surface area (Å²) in [4.78, 5) is 15.7. The number of halogens is 2. The van der Waals surface area contributed by atoms with Crippen molar-refractivity contribution < 1.29 is 18.7 Å². The number of hydrogen-bond donors (Lipinski definition) is 3. The third-order valence-electron chi connectivity index (χ3n) is 3.51. The van der Waals surface area contributed by atoms with Gasteiger partial charge in [-0.1, -0.05) is 6.92 Å². The first-order valence-electron chi connectivity index (χ1n) is 7.58. The molecule has 130 valence electrons. The molecule has 8 heteroatoms. The Hall–Kier alpha value is -2.48. The number of aliphatic hydroxyl groups is 1. The zero-order valence-corrected chi connectivity index (χ0v) is 13.2. The van der Waals surface area contributed by atoms with Crippen LogP contribution in [-0.4, -0.2) is 33.8 Å². The van der Waals surface area contributed by atoms with E-state index in [4.69, 9.17) is 5.11 Å². The highest BCUT2D eigenvalue weighted by Gasteiger charge is 2.13. The van der Waals surface area contributed by atoms with Crippen LogP contribution in [0.15, 0.2) is 36.7 Å². The average molecular weight is 338 g/mol. The first kappa shape index (κ1) is 17.9. The standard InChI is InChI=1S/C16H20F2N4O2/c1-11(6-9-23)10-20-16(24)21-13-4-2-12(3-5-13)14-19-7-8-22(14)15(17)18/h2-5,7-8,11,15,23H,6,9-10H2,1H3,(H2,20,21,24)/t11-/m0/s1. The van der Waals surface area contributed by atoms with Gasteiger partial charge in [-0.3, -0.25) is 4.57 Å². The number of rotatable bonds is 7. The van der Waals surface area contributed by atoms with Crippen molar-refractivity contribution in [1.82, 2.24) is 14.9 Å². The third kappa shape index (κ3) is 4.76. The average Bonchev–Trinajstić information content (AvgIpc) is 3.04. The molecule has 2 aromatic rings. The Morgan fingerprint density at radius 3 is 2.67 bits per heavy atom. The maximum atomic E-state index is 12.8. The van der Waals surface area contributed by atoms with Gasteiger partial charge in [0, 0.05) is 36.8 Å². The molecule has 1 aromatic heterocycles. The fraction of sp³-hybridized carbons (Fsp3) is 0.375. The van der Waals surface area contributed by atoms with Crippen LogP contribution in [0.2, 0.25) is 0 Å². The van der Waals surface area contributed by atoms with Crippen LogP contribution in [-0.2, 0) is 0 Å². The number of nitrogens with one attached hydrogen (secondary N) is 2. The van der Waals surface area contributed by atoms with Crippen LogP contribution >= 0.6 is 0 Å². The van der Waals surface area contributed by atoms with E-state index in [2.05, 4.69) is 15.6 Å². The number of aromatic nitrogens is 2. The molecule has 0 unspecified atom stereocenters. The van der Waals surface area contributed by atoms with Crippen LogP contribution in [0, 0.1) is 5.92 Å². The number of urea groups is 1. The lowest BCUT2D eigenvalue weighted by Crippen LogP contribution is -2.32. The number of aliphatic hydroxyl groups excluding tert-OH is 1. The van der Waals surface area contributed by atoms with Gasteiger partial charge >= 0.3 is 12.6 Å². The van der Waals surface area contributed by atoms with Crippen molar-refractivity contribution in [2.45, 2.75) is 19.9 Å². The van der Waals surface area contributed by atoms with Gasteiger partial charge in [-0.25, -0.2) is 9.78 Å². The number of amides is 2. The molecule has 0 fully saturated rings. The number of nitrogens with zero attached hydrogens (tertiary/aromatic N) is 2. The molecule has 24 heavy (non-hydrogen) atoms. The minimum Gasteiger partial charge on any atom is -0.396 e. The molecule has 0 radical (unpaired) electrons. The maximum Gasteiger partial charge on any atom is 0.320 e. The molecule has 2 rings (SSSR count). The predicted octanol–water partition coefficient (Wildman–Crippen LogP) is 3.09. The molecule has 0 aliphatic carbocycles. The zero-order valence-electron chi connectivity index (χ0n) is 13.2. The summed E-state index contributed by atoms with van der Waals surface area (Å²) in [5.74, 6) is 0.343. The van der Waals surface area contributed by atoms with Crippen LogP contribution in [0.1, 0.15) is 19.9 Å². The van der Waals surface area contributed by atoms with Crippen LogP contribution in [0.5, 0.6) is 0 Å². The van der Waals surface area contributed by atoms with Crippen LogP contribution in [0.3, 0.4) is 0 Å². The van der Waals surface area contributed by atoms with Gasteiger partial charge < -0.3 is 15.7 Å². The summed E-state index contributed by atoms with van der Waals surface area (Å²) in [7, 11) is 0. The summed E-state index contributed by atoms with van der Waals surface area (Å²) < 4.78 is 26.5. The van der Waals surface area contributed by atoms with Crippen LogP contribution < -0.4 is 10.6 Å². The Bertz CT molecular complexity index is 658. The van der Waals surface area contributed by atoms with E-state index in [0.29, 0.717) is 24.2 Å². The molecule has 1 aromatic carbocycles. The van der Waals surface area contributed by atoms with Crippen LogP contribution in [0.25, 0.3) is 11.4 Å². The second kappa shape index (κ2) is 8.39. The lowest BCUT2D eigenvalue weighted by Gasteiger charge is -2.12. The van der Waals surface area contributed by atoms with E-state index in [1.165, 1.54) is 12.4 Å². The zero-order chi connectivity index (χ0) is 17.5. The topological polar surface area (TPSA) is 79.2 Å². The van der Waals surface area contributed by atoms with Crippen molar-refractivity contribution in [3.63, 3.8) is 0 Å². The smallest absolute Gasteiger partial charge is 0.320 e. The highest BCUT2D eigenvalue weighted by molar-refractivity contribution is 5.89. The van der Waals surface area contributed by atoms with E-state index in [0.717, 1.165) is 4.57 Å². The van der Waals surface area contributed by atoms with Crippen molar-refractivity contribution in [2.24, 2.45) is 5.92 Å². The van der Waals surface area contributed by atoms with Gasteiger partial charge in [0.2, 0.25) is 0 Å². The van der Waals surface area contributed by atoms with Crippen LogP contribution in [0.4, 0.5) is 19.3 Å². The Morgan fingerprint density at radius 1 is 1.33 bits per heavy atom. The molecule has 6 nitrogen and oxygen atoms in total. The summed E-state index contributed by atoms with van der Waals surface area (Å²) in [6, 6.07) is 6.12. The SMILES string of the molecule is C[C@@H](CCO)CNC(=O)Nc1ccc(-c2nccn2C(F)F)cc1. The lowest BCUT2D eigenvalue weighted by atomic mass is 10.1. The minimum absolute atomic E-state index is 0.0836. The van der Waals surface area contributed by atoms with Crippen molar-refractivity contribution >= 4 is 11.7 Å². The number of alkyl halides is 2. The molecule has 0 saturated heterocycles. The van der Waals surface area contributed by atoms with Gasteiger partial charge in [0.25, 0.3) is 0 Å². The van der Waals surface area contributed by atoms with Gasteiger partial charge in [-0.15, -0.1) is 0 Å². The quantitative estimate of drug-likeness (QED) is 0.726. The number of benzene rings is 1. The normalized spacial score (nSPS) is 12.2. The minimum atomic E-state index is -2.66. The number of imidazole rings is 1.